The van der Waals surface area contributed by atoms with Gasteiger partial charge < -0.3 is 5.32 Å². The van der Waals surface area contributed by atoms with Crippen LogP contribution < -0.4 is 5.32 Å². The Balaban J connectivity index is 1.60. The summed E-state index contributed by atoms with van der Waals surface area (Å²) in [5.74, 6) is 1.59. The van der Waals surface area contributed by atoms with Crippen LogP contribution in [0.15, 0.2) is 43.0 Å². The van der Waals surface area contributed by atoms with E-state index in [1.807, 2.05) is 37.5 Å². The Hall–Kier alpha value is -2.76. The van der Waals surface area contributed by atoms with Crippen molar-refractivity contribution in [2.75, 3.05) is 11.9 Å². The number of hydrogen-bond donors (Lipinski definition) is 1. The maximum Gasteiger partial charge on any atom is 0.163 e. The average Bonchev–Trinajstić information content (AvgIpc) is 3.19. The molecule has 1 aliphatic carbocycles. The van der Waals surface area contributed by atoms with E-state index in [1.165, 1.54) is 0 Å². The van der Waals surface area contributed by atoms with E-state index in [-0.39, 0.29) is 5.54 Å². The minimum absolute atomic E-state index is 0.0866. The molecule has 1 saturated carbocycles. The summed E-state index contributed by atoms with van der Waals surface area (Å²) in [4.78, 5) is 13.5. The summed E-state index contributed by atoms with van der Waals surface area (Å²) in [6.07, 6.45) is 9.69. The van der Waals surface area contributed by atoms with Crippen LogP contribution in [0.1, 0.15) is 24.1 Å². The van der Waals surface area contributed by atoms with E-state index in [1.54, 1.807) is 12.4 Å². The van der Waals surface area contributed by atoms with Crippen LogP contribution in [0.2, 0.25) is 0 Å². The Morgan fingerprint density at radius 3 is 2.71 bits per heavy atom. The normalized spacial score (nSPS) is 15.2. The van der Waals surface area contributed by atoms with E-state index < -0.39 is 0 Å². The van der Waals surface area contributed by atoms with E-state index >= 15 is 0 Å². The molecule has 0 spiro atoms. The first-order valence-electron chi connectivity index (χ1n) is 8.18. The zero-order valence-electron chi connectivity index (χ0n) is 13.9. The second-order valence-electron chi connectivity index (χ2n) is 6.38. The summed E-state index contributed by atoms with van der Waals surface area (Å²) in [6, 6.07) is 5.85. The van der Waals surface area contributed by atoms with Gasteiger partial charge in [0.25, 0.3) is 0 Å². The molecule has 1 N–H and O–H groups in total. The van der Waals surface area contributed by atoms with Gasteiger partial charge in [0.15, 0.2) is 5.82 Å². The van der Waals surface area contributed by atoms with E-state index in [9.17, 15) is 0 Å². The van der Waals surface area contributed by atoms with Crippen LogP contribution >= 0.6 is 0 Å². The van der Waals surface area contributed by atoms with Crippen molar-refractivity contribution in [2.45, 2.75) is 32.2 Å². The molecule has 3 aromatic heterocycles. The molecule has 4 rings (SSSR count). The fourth-order valence-corrected chi connectivity index (χ4v) is 2.85. The third-order valence-corrected chi connectivity index (χ3v) is 4.71. The molecule has 6 nitrogen and oxygen atoms in total. The predicted molar refractivity (Wildman–Crippen MR) is 92.7 cm³/mol. The lowest BCUT2D eigenvalue weighted by Gasteiger charge is -2.19. The van der Waals surface area contributed by atoms with E-state index in [2.05, 4.69) is 32.0 Å². The van der Waals surface area contributed by atoms with Crippen molar-refractivity contribution in [3.63, 3.8) is 0 Å². The number of rotatable bonds is 5. The number of hydrogen-bond acceptors (Lipinski definition) is 5. The molecule has 0 amide bonds. The minimum Gasteiger partial charge on any atom is -0.367 e. The molecule has 122 valence electrons. The fraction of sp³-hybridized carbons (Fsp3) is 0.333. The monoisotopic (exact) mass is 320 g/mol. The average molecular weight is 320 g/mol. The largest absolute Gasteiger partial charge is 0.367 e. The number of aryl methyl sites for hydroxylation is 1. The van der Waals surface area contributed by atoms with Crippen LogP contribution in [-0.4, -0.2) is 31.3 Å². The molecule has 24 heavy (non-hydrogen) atoms. The lowest BCUT2D eigenvalue weighted by Crippen LogP contribution is -2.27. The first-order chi connectivity index (χ1) is 11.7. The second kappa shape index (κ2) is 5.70. The van der Waals surface area contributed by atoms with Crippen LogP contribution in [0.5, 0.6) is 0 Å². The topological polar surface area (TPSA) is 68.5 Å². The lowest BCUT2D eigenvalue weighted by molar-refractivity contribution is 0.452. The Kier molecular flexibility index (Phi) is 3.52. The Bertz CT molecular complexity index is 837. The molecule has 3 aromatic rings. The highest BCUT2D eigenvalue weighted by Crippen LogP contribution is 2.43. The maximum atomic E-state index is 4.72. The molecule has 3 heterocycles. The van der Waals surface area contributed by atoms with Gasteiger partial charge in [-0.3, -0.25) is 9.67 Å². The van der Waals surface area contributed by atoms with Gasteiger partial charge in [0, 0.05) is 48.2 Å². The number of pyridine rings is 1. The van der Waals surface area contributed by atoms with Crippen molar-refractivity contribution < 1.29 is 0 Å². The molecule has 1 aliphatic rings. The van der Waals surface area contributed by atoms with Crippen molar-refractivity contribution >= 4 is 5.82 Å². The van der Waals surface area contributed by atoms with Crippen LogP contribution in [0.3, 0.4) is 0 Å². The Labute approximate surface area is 141 Å². The highest BCUT2D eigenvalue weighted by Gasteiger charge is 2.45. The zero-order chi connectivity index (χ0) is 16.6. The Morgan fingerprint density at radius 2 is 2.04 bits per heavy atom. The van der Waals surface area contributed by atoms with Gasteiger partial charge >= 0.3 is 0 Å². The van der Waals surface area contributed by atoms with Crippen molar-refractivity contribution in [1.82, 2.24) is 24.7 Å². The number of aromatic nitrogens is 5. The van der Waals surface area contributed by atoms with Crippen LogP contribution in [0.25, 0.3) is 11.4 Å². The molecular formula is C18H20N6. The molecule has 0 aromatic carbocycles. The molecular weight excluding hydrogens is 300 g/mol. The summed E-state index contributed by atoms with van der Waals surface area (Å²) in [6.45, 7) is 4.89. The van der Waals surface area contributed by atoms with E-state index in [0.29, 0.717) is 5.82 Å². The fourth-order valence-electron chi connectivity index (χ4n) is 2.85. The molecule has 0 saturated heterocycles. The maximum absolute atomic E-state index is 4.72. The summed E-state index contributed by atoms with van der Waals surface area (Å²) in [5.41, 5.74) is 3.08. The minimum atomic E-state index is 0.0866. The number of nitrogens with zero attached hydrogens (tertiary/aromatic N) is 5. The first kappa shape index (κ1) is 14.8. The van der Waals surface area contributed by atoms with Gasteiger partial charge in [-0.25, -0.2) is 9.97 Å². The third-order valence-electron chi connectivity index (χ3n) is 4.71. The van der Waals surface area contributed by atoms with Gasteiger partial charge in [-0.05, 0) is 44.9 Å². The second-order valence-corrected chi connectivity index (χ2v) is 6.38. The quantitative estimate of drug-likeness (QED) is 0.783. The molecule has 0 atom stereocenters. The van der Waals surface area contributed by atoms with E-state index in [0.717, 1.165) is 42.0 Å². The van der Waals surface area contributed by atoms with Gasteiger partial charge in [0.2, 0.25) is 0 Å². The molecule has 1 fully saturated rings. The highest BCUT2D eigenvalue weighted by atomic mass is 15.3. The summed E-state index contributed by atoms with van der Waals surface area (Å²) in [5, 5.41) is 7.93. The van der Waals surface area contributed by atoms with Crippen molar-refractivity contribution in [2.24, 2.45) is 0 Å². The molecule has 0 aliphatic heterocycles. The third kappa shape index (κ3) is 2.64. The van der Waals surface area contributed by atoms with Crippen LogP contribution in [0, 0.1) is 13.8 Å². The predicted octanol–water partition coefficient (Wildman–Crippen LogP) is 2.95. The van der Waals surface area contributed by atoms with Gasteiger partial charge in [0.05, 0.1) is 5.54 Å². The smallest absolute Gasteiger partial charge is 0.163 e. The highest BCUT2D eigenvalue weighted by molar-refractivity contribution is 5.58. The summed E-state index contributed by atoms with van der Waals surface area (Å²) in [7, 11) is 0. The van der Waals surface area contributed by atoms with Crippen molar-refractivity contribution in [3.05, 3.63) is 54.2 Å². The van der Waals surface area contributed by atoms with Gasteiger partial charge in [-0.15, -0.1) is 0 Å². The Morgan fingerprint density at radius 1 is 1.17 bits per heavy atom. The zero-order valence-corrected chi connectivity index (χ0v) is 13.9. The molecule has 0 bridgehead atoms. The molecule has 0 unspecified atom stereocenters. The van der Waals surface area contributed by atoms with Crippen molar-refractivity contribution in [3.8, 4) is 11.4 Å². The summed E-state index contributed by atoms with van der Waals surface area (Å²) >= 11 is 0. The SMILES string of the molecule is Cc1nc(-c2cccnc2)nc(NCC2(n3cccn3)CC2)c1C. The van der Waals surface area contributed by atoms with Gasteiger partial charge in [-0.1, -0.05) is 0 Å². The number of nitrogens with one attached hydrogen (secondary N) is 1. The number of anilines is 1. The van der Waals surface area contributed by atoms with Gasteiger partial charge in [-0.2, -0.15) is 5.10 Å². The first-order valence-corrected chi connectivity index (χ1v) is 8.18. The molecule has 0 radical (unpaired) electrons. The summed E-state index contributed by atoms with van der Waals surface area (Å²) < 4.78 is 2.06. The lowest BCUT2D eigenvalue weighted by atomic mass is 10.2. The van der Waals surface area contributed by atoms with Crippen molar-refractivity contribution in [1.29, 1.82) is 0 Å². The molecule has 6 heteroatoms. The van der Waals surface area contributed by atoms with Crippen LogP contribution in [-0.2, 0) is 5.54 Å². The van der Waals surface area contributed by atoms with Gasteiger partial charge in [0.1, 0.15) is 5.82 Å². The van der Waals surface area contributed by atoms with E-state index in [4.69, 9.17) is 4.98 Å². The standard InChI is InChI=1S/C18H20N6/c1-13-14(2)22-17(15-5-3-8-19-11-15)23-16(13)20-12-18(6-7-18)24-10-4-9-21-24/h3-5,8-11H,6-7,12H2,1-2H3,(H,20,22,23). The van der Waals surface area contributed by atoms with Crippen LogP contribution in [0.4, 0.5) is 5.82 Å².